The number of hydrogen-bond acceptors (Lipinski definition) is 6. The Morgan fingerprint density at radius 3 is 2.57 bits per heavy atom. The summed E-state index contributed by atoms with van der Waals surface area (Å²) in [7, 11) is 0. The maximum atomic E-state index is 13.7. The smallest absolute Gasteiger partial charge is 0.292 e. The molecule has 2 aromatic heterocycles. The van der Waals surface area contributed by atoms with E-state index in [0.29, 0.717) is 5.56 Å². The number of nitrogens with one attached hydrogen (secondary N) is 1. The second kappa shape index (κ2) is 11.1. The number of anilines is 2. The molecule has 1 fully saturated rings. The number of halogens is 2. The van der Waals surface area contributed by atoms with E-state index in [1.165, 1.54) is 30.9 Å². The van der Waals surface area contributed by atoms with Gasteiger partial charge in [-0.1, -0.05) is 12.1 Å². The van der Waals surface area contributed by atoms with Gasteiger partial charge in [0.2, 0.25) is 0 Å². The van der Waals surface area contributed by atoms with Crippen LogP contribution in [0.25, 0.3) is 22.4 Å². The fraction of sp³-hybridized carbons (Fsp3) is 0.179. The van der Waals surface area contributed by atoms with E-state index < -0.39 is 11.7 Å². The molecule has 1 amide bonds. The summed E-state index contributed by atoms with van der Waals surface area (Å²) in [4.78, 5) is 19.5. The Labute approximate surface area is 219 Å². The predicted octanol–water partition coefficient (Wildman–Crippen LogP) is 6.39. The highest BCUT2D eigenvalue weighted by atomic mass is 35.5. The number of carbonyl (C=O) groups is 1. The number of benzene rings is 2. The molecule has 0 saturated carbocycles. The third-order valence-electron chi connectivity index (χ3n) is 6.22. The fourth-order valence-corrected chi connectivity index (χ4v) is 4.43. The number of aromatic nitrogens is 1. The number of nitrogens with zero attached hydrogens (tertiary/aromatic N) is 3. The molecule has 1 aliphatic rings. The van der Waals surface area contributed by atoms with Crippen LogP contribution < -0.4 is 10.2 Å². The number of nitriles is 1. The maximum Gasteiger partial charge on any atom is 0.292 e. The Bertz CT molecular complexity index is 1460. The molecular formula is C28H24ClFN4O3. The molecule has 2 N–H and O–H groups in total. The molecule has 7 nitrogen and oxygen atoms in total. The number of piperidine rings is 1. The molecule has 0 atom stereocenters. The van der Waals surface area contributed by atoms with Crippen molar-refractivity contribution in [3.63, 3.8) is 0 Å². The Morgan fingerprint density at radius 2 is 1.86 bits per heavy atom. The number of furan rings is 1. The first-order valence-electron chi connectivity index (χ1n) is 11.7. The second-order valence-electron chi connectivity index (χ2n) is 8.58. The summed E-state index contributed by atoms with van der Waals surface area (Å²) in [6.07, 6.45) is 4.83. The number of rotatable bonds is 5. The van der Waals surface area contributed by atoms with Gasteiger partial charge in [-0.05, 0) is 67.3 Å². The molecule has 4 aromatic rings. The van der Waals surface area contributed by atoms with E-state index in [1.807, 2.05) is 24.3 Å². The fourth-order valence-electron chi connectivity index (χ4n) is 4.43. The summed E-state index contributed by atoms with van der Waals surface area (Å²) < 4.78 is 18.8. The standard InChI is InChI=1S/C28H23FN4O3.ClH/c29-19-9-10-21(25(34)15-19)24-16-22(18-6-4-7-20(14-18)33-11-2-1-3-12-33)23(17-30)27(31-24)32-28(35)26-8-5-13-36-26;/h4-10,13-16,34H,1-3,11-12H2,(H,31,32,35);1H. The zero-order valence-electron chi connectivity index (χ0n) is 19.8. The molecule has 9 heteroatoms. The van der Waals surface area contributed by atoms with E-state index in [4.69, 9.17) is 4.42 Å². The first kappa shape index (κ1) is 25.7. The number of hydrogen-bond donors (Lipinski definition) is 2. The van der Waals surface area contributed by atoms with Gasteiger partial charge in [-0.2, -0.15) is 5.26 Å². The first-order chi connectivity index (χ1) is 17.5. The van der Waals surface area contributed by atoms with Crippen LogP contribution in [0.2, 0.25) is 0 Å². The molecule has 2 aromatic carbocycles. The van der Waals surface area contributed by atoms with E-state index in [2.05, 4.69) is 21.3 Å². The summed E-state index contributed by atoms with van der Waals surface area (Å²) >= 11 is 0. The van der Waals surface area contributed by atoms with E-state index >= 15 is 0 Å². The molecule has 5 rings (SSSR count). The van der Waals surface area contributed by atoms with Gasteiger partial charge < -0.3 is 19.7 Å². The molecule has 0 unspecified atom stereocenters. The lowest BCUT2D eigenvalue weighted by Gasteiger charge is -2.29. The van der Waals surface area contributed by atoms with E-state index in [-0.39, 0.29) is 46.6 Å². The molecule has 0 aliphatic carbocycles. The van der Waals surface area contributed by atoms with Gasteiger partial charge >= 0.3 is 0 Å². The Morgan fingerprint density at radius 1 is 1.05 bits per heavy atom. The highest BCUT2D eigenvalue weighted by molar-refractivity contribution is 6.03. The average molecular weight is 519 g/mol. The molecule has 0 spiro atoms. The molecule has 1 saturated heterocycles. The van der Waals surface area contributed by atoms with Gasteiger partial charge in [0.05, 0.1) is 12.0 Å². The quantitative estimate of drug-likeness (QED) is 0.317. The minimum atomic E-state index is -0.592. The van der Waals surface area contributed by atoms with Gasteiger partial charge in [-0.15, -0.1) is 12.4 Å². The van der Waals surface area contributed by atoms with Crippen molar-refractivity contribution in [3.05, 3.63) is 84.1 Å². The van der Waals surface area contributed by atoms with Gasteiger partial charge in [0.15, 0.2) is 11.6 Å². The van der Waals surface area contributed by atoms with Gasteiger partial charge in [-0.25, -0.2) is 9.37 Å². The normalized spacial score (nSPS) is 12.9. The van der Waals surface area contributed by atoms with Crippen molar-refractivity contribution in [1.82, 2.24) is 4.98 Å². The maximum absolute atomic E-state index is 13.7. The number of amides is 1. The molecule has 37 heavy (non-hydrogen) atoms. The zero-order valence-corrected chi connectivity index (χ0v) is 20.6. The first-order valence-corrected chi connectivity index (χ1v) is 11.7. The predicted molar refractivity (Wildman–Crippen MR) is 141 cm³/mol. The van der Waals surface area contributed by atoms with Crippen LogP contribution in [0.5, 0.6) is 5.75 Å². The van der Waals surface area contributed by atoms with Crippen LogP contribution in [0.15, 0.2) is 71.3 Å². The SMILES string of the molecule is Cl.N#Cc1c(-c2cccc(N3CCCCC3)c2)cc(-c2ccc(F)cc2O)nc1NC(=O)c1ccco1. The van der Waals surface area contributed by atoms with Crippen LogP contribution in [0.3, 0.4) is 0 Å². The summed E-state index contributed by atoms with van der Waals surface area (Å²) in [6.45, 7) is 1.92. The molecule has 0 bridgehead atoms. The molecule has 0 radical (unpaired) electrons. The monoisotopic (exact) mass is 518 g/mol. The van der Waals surface area contributed by atoms with Crippen molar-refractivity contribution < 1.29 is 18.7 Å². The van der Waals surface area contributed by atoms with Crippen LogP contribution in [0, 0.1) is 17.1 Å². The zero-order chi connectivity index (χ0) is 25.1. The summed E-state index contributed by atoms with van der Waals surface area (Å²) in [6, 6.07) is 18.4. The van der Waals surface area contributed by atoms with Crippen molar-refractivity contribution >= 4 is 29.8 Å². The van der Waals surface area contributed by atoms with Crippen LogP contribution in [0.4, 0.5) is 15.9 Å². The van der Waals surface area contributed by atoms with E-state index in [0.717, 1.165) is 43.2 Å². The largest absolute Gasteiger partial charge is 0.507 e. The van der Waals surface area contributed by atoms with E-state index in [1.54, 1.807) is 12.1 Å². The van der Waals surface area contributed by atoms with Crippen LogP contribution >= 0.6 is 12.4 Å². The Balaban J connectivity index is 0.00000320. The Kier molecular flexibility index (Phi) is 7.75. The Hall–Kier alpha value is -4.35. The highest BCUT2D eigenvalue weighted by Crippen LogP contribution is 2.37. The van der Waals surface area contributed by atoms with Crippen LogP contribution in [0.1, 0.15) is 35.4 Å². The lowest BCUT2D eigenvalue weighted by molar-refractivity contribution is 0.0996. The molecule has 1 aliphatic heterocycles. The minimum absolute atomic E-state index is 0. The van der Waals surface area contributed by atoms with Crippen molar-refractivity contribution in [1.29, 1.82) is 5.26 Å². The van der Waals surface area contributed by atoms with Crippen LogP contribution in [-0.2, 0) is 0 Å². The average Bonchev–Trinajstić information content (AvgIpc) is 3.44. The lowest BCUT2D eigenvalue weighted by atomic mass is 9.97. The lowest BCUT2D eigenvalue weighted by Crippen LogP contribution is -2.29. The van der Waals surface area contributed by atoms with E-state index in [9.17, 15) is 19.6 Å². The summed E-state index contributed by atoms with van der Waals surface area (Å²) in [5, 5.41) is 23.2. The van der Waals surface area contributed by atoms with Crippen molar-refractivity contribution in [2.24, 2.45) is 0 Å². The second-order valence-corrected chi connectivity index (χ2v) is 8.58. The minimum Gasteiger partial charge on any atom is -0.507 e. The molecular weight excluding hydrogens is 495 g/mol. The van der Waals surface area contributed by atoms with Crippen LogP contribution in [-0.4, -0.2) is 29.1 Å². The van der Waals surface area contributed by atoms with Crippen molar-refractivity contribution in [2.45, 2.75) is 19.3 Å². The molecule has 188 valence electrons. The molecule has 3 heterocycles. The van der Waals surface area contributed by atoms with Gasteiger partial charge in [-0.3, -0.25) is 4.79 Å². The summed E-state index contributed by atoms with van der Waals surface area (Å²) in [5.74, 6) is -1.39. The number of aromatic hydroxyl groups is 1. The number of phenolic OH excluding ortho intramolecular Hbond substituents is 1. The number of carbonyl (C=O) groups excluding carboxylic acids is 1. The number of pyridine rings is 1. The highest BCUT2D eigenvalue weighted by Gasteiger charge is 2.21. The van der Waals surface area contributed by atoms with Gasteiger partial charge in [0.1, 0.15) is 23.2 Å². The third kappa shape index (κ3) is 5.42. The van der Waals surface area contributed by atoms with Crippen molar-refractivity contribution in [3.8, 4) is 34.2 Å². The van der Waals surface area contributed by atoms with Crippen molar-refractivity contribution in [2.75, 3.05) is 23.3 Å². The topological polar surface area (TPSA) is 102 Å². The summed E-state index contributed by atoms with van der Waals surface area (Å²) in [5.41, 5.74) is 3.03. The van der Waals surface area contributed by atoms with Gasteiger partial charge in [0.25, 0.3) is 5.91 Å². The van der Waals surface area contributed by atoms with Gasteiger partial charge in [0, 0.05) is 36.0 Å². The third-order valence-corrected chi connectivity index (χ3v) is 6.22. The number of phenols is 1.